The summed E-state index contributed by atoms with van der Waals surface area (Å²) in [6, 6.07) is 5.24. The van der Waals surface area contributed by atoms with E-state index in [1.165, 1.54) is 7.11 Å². The quantitative estimate of drug-likeness (QED) is 0.831. The van der Waals surface area contributed by atoms with E-state index >= 15 is 0 Å². The second-order valence-electron chi connectivity index (χ2n) is 5.83. The Hall–Kier alpha value is -1.13. The van der Waals surface area contributed by atoms with Crippen molar-refractivity contribution in [3.8, 4) is 5.75 Å². The molecule has 0 radical (unpaired) electrons. The number of likely N-dealkylation sites (N-methyl/N-ethyl adjacent to an activating group) is 1. The molecule has 0 aliphatic rings. The Morgan fingerprint density at radius 3 is 2.45 bits per heavy atom. The highest BCUT2D eigenvalue weighted by molar-refractivity contribution is 5.32. The zero-order chi connectivity index (χ0) is 15.3. The maximum Gasteiger partial charge on any atom is 0.165 e. The maximum absolute atomic E-state index is 14.0. The molecule has 1 atom stereocenters. The number of methoxy groups -OCH3 is 1. The molecule has 0 heterocycles. The summed E-state index contributed by atoms with van der Waals surface area (Å²) in [5.74, 6) is -0.0338. The predicted octanol–water partition coefficient (Wildman–Crippen LogP) is 3.22. The number of nitrogens with one attached hydrogen (secondary N) is 1. The van der Waals surface area contributed by atoms with Gasteiger partial charge in [0.25, 0.3) is 0 Å². The van der Waals surface area contributed by atoms with Gasteiger partial charge in [0.05, 0.1) is 13.2 Å². The number of rotatable bonds is 7. The first-order chi connectivity index (χ1) is 9.34. The van der Waals surface area contributed by atoms with Crippen LogP contribution >= 0.6 is 0 Å². The van der Waals surface area contributed by atoms with E-state index in [0.29, 0.717) is 0 Å². The first-order valence-electron chi connectivity index (χ1n) is 7.08. The molecule has 1 unspecified atom stereocenters. The van der Waals surface area contributed by atoms with E-state index in [2.05, 4.69) is 31.0 Å². The third-order valence-corrected chi connectivity index (χ3v) is 3.97. The van der Waals surface area contributed by atoms with Gasteiger partial charge in [-0.15, -0.1) is 0 Å². The standard InChI is InChI=1S/C16H27FN2O/c1-7-10-18-15(16(2,3)19(4)5)12-8-9-14(20-6)13(17)11-12/h8-9,11,15,18H,7,10H2,1-6H3. The van der Waals surface area contributed by atoms with Gasteiger partial charge in [-0.2, -0.15) is 0 Å². The number of ether oxygens (including phenoxy) is 1. The molecule has 0 spiro atoms. The van der Waals surface area contributed by atoms with E-state index in [0.717, 1.165) is 18.5 Å². The van der Waals surface area contributed by atoms with Crippen molar-refractivity contribution in [1.82, 2.24) is 10.2 Å². The van der Waals surface area contributed by atoms with Crippen molar-refractivity contribution in [3.05, 3.63) is 29.6 Å². The largest absolute Gasteiger partial charge is 0.494 e. The van der Waals surface area contributed by atoms with Gasteiger partial charge >= 0.3 is 0 Å². The van der Waals surface area contributed by atoms with E-state index in [1.807, 2.05) is 20.2 Å². The molecule has 1 aromatic rings. The molecule has 3 nitrogen and oxygen atoms in total. The minimum atomic E-state index is -0.317. The van der Waals surface area contributed by atoms with Gasteiger partial charge in [-0.05, 0) is 58.6 Å². The minimum Gasteiger partial charge on any atom is -0.494 e. The fourth-order valence-corrected chi connectivity index (χ4v) is 2.18. The molecular weight excluding hydrogens is 255 g/mol. The van der Waals surface area contributed by atoms with Gasteiger partial charge < -0.3 is 15.0 Å². The number of halogens is 1. The van der Waals surface area contributed by atoms with E-state index in [1.54, 1.807) is 12.1 Å². The van der Waals surface area contributed by atoms with Crippen LogP contribution in [0.4, 0.5) is 4.39 Å². The van der Waals surface area contributed by atoms with Crippen LogP contribution in [0.3, 0.4) is 0 Å². The molecule has 0 aromatic heterocycles. The minimum absolute atomic E-state index is 0.0536. The van der Waals surface area contributed by atoms with Crippen LogP contribution in [0.2, 0.25) is 0 Å². The van der Waals surface area contributed by atoms with Crippen LogP contribution in [-0.4, -0.2) is 38.2 Å². The molecule has 1 aromatic carbocycles. The lowest BCUT2D eigenvalue weighted by Gasteiger charge is -2.41. The number of hydrogen-bond acceptors (Lipinski definition) is 3. The van der Waals surface area contributed by atoms with Gasteiger partial charge in [0.1, 0.15) is 0 Å². The van der Waals surface area contributed by atoms with Gasteiger partial charge in [0.2, 0.25) is 0 Å². The van der Waals surface area contributed by atoms with E-state index < -0.39 is 0 Å². The van der Waals surface area contributed by atoms with Crippen LogP contribution in [-0.2, 0) is 0 Å². The Bertz CT molecular complexity index is 432. The van der Waals surface area contributed by atoms with Crippen LogP contribution < -0.4 is 10.1 Å². The molecule has 1 rings (SSSR count). The molecular formula is C16H27FN2O. The van der Waals surface area contributed by atoms with Gasteiger partial charge in [0.15, 0.2) is 11.6 Å². The SMILES string of the molecule is CCCNC(c1ccc(OC)c(F)c1)C(C)(C)N(C)C. The summed E-state index contributed by atoms with van der Waals surface area (Å²) in [5, 5.41) is 3.52. The first-order valence-corrected chi connectivity index (χ1v) is 7.08. The number of benzene rings is 1. The van der Waals surface area contributed by atoms with E-state index in [-0.39, 0.29) is 23.1 Å². The number of nitrogens with zero attached hydrogens (tertiary/aromatic N) is 1. The Morgan fingerprint density at radius 2 is 2.00 bits per heavy atom. The fourth-order valence-electron chi connectivity index (χ4n) is 2.18. The van der Waals surface area contributed by atoms with Crippen molar-refractivity contribution in [2.75, 3.05) is 27.7 Å². The van der Waals surface area contributed by atoms with Crippen LogP contribution in [0.25, 0.3) is 0 Å². The number of hydrogen-bond donors (Lipinski definition) is 1. The zero-order valence-corrected chi connectivity index (χ0v) is 13.5. The average molecular weight is 282 g/mol. The topological polar surface area (TPSA) is 24.5 Å². The molecule has 0 amide bonds. The van der Waals surface area contributed by atoms with E-state index in [4.69, 9.17) is 4.74 Å². The molecule has 0 saturated carbocycles. The first kappa shape index (κ1) is 16.9. The van der Waals surface area contributed by atoms with Crippen LogP contribution in [0, 0.1) is 5.82 Å². The van der Waals surface area contributed by atoms with E-state index in [9.17, 15) is 4.39 Å². The molecule has 0 bridgehead atoms. The Morgan fingerprint density at radius 1 is 1.35 bits per heavy atom. The Kier molecular flexibility index (Phi) is 5.96. The summed E-state index contributed by atoms with van der Waals surface area (Å²) in [7, 11) is 5.57. The average Bonchev–Trinajstić information content (AvgIpc) is 2.39. The summed E-state index contributed by atoms with van der Waals surface area (Å²) in [6.45, 7) is 7.34. The molecule has 0 saturated heterocycles. The predicted molar refractivity (Wildman–Crippen MR) is 81.8 cm³/mol. The summed E-state index contributed by atoms with van der Waals surface area (Å²) in [5.41, 5.74) is 0.811. The molecule has 0 aliphatic heterocycles. The smallest absolute Gasteiger partial charge is 0.165 e. The molecule has 4 heteroatoms. The highest BCUT2D eigenvalue weighted by Crippen LogP contribution is 2.31. The monoisotopic (exact) mass is 282 g/mol. The van der Waals surface area contributed by atoms with Crippen molar-refractivity contribution < 1.29 is 9.13 Å². The maximum atomic E-state index is 14.0. The normalized spacial score (nSPS) is 13.6. The van der Waals surface area contributed by atoms with Crippen LogP contribution in [0.1, 0.15) is 38.8 Å². The van der Waals surface area contributed by atoms with Crippen LogP contribution in [0.5, 0.6) is 5.75 Å². The summed E-state index contributed by atoms with van der Waals surface area (Å²) in [4.78, 5) is 2.16. The molecule has 1 N–H and O–H groups in total. The van der Waals surface area contributed by atoms with Gasteiger partial charge in [-0.1, -0.05) is 13.0 Å². The highest BCUT2D eigenvalue weighted by Gasteiger charge is 2.32. The highest BCUT2D eigenvalue weighted by atomic mass is 19.1. The van der Waals surface area contributed by atoms with Gasteiger partial charge in [0, 0.05) is 5.54 Å². The molecule has 20 heavy (non-hydrogen) atoms. The van der Waals surface area contributed by atoms with Crippen molar-refractivity contribution in [3.63, 3.8) is 0 Å². The summed E-state index contributed by atoms with van der Waals surface area (Å²) >= 11 is 0. The molecule has 0 aliphatic carbocycles. The van der Waals surface area contributed by atoms with Gasteiger partial charge in [-0.3, -0.25) is 0 Å². The van der Waals surface area contributed by atoms with Gasteiger partial charge in [-0.25, -0.2) is 4.39 Å². The fraction of sp³-hybridized carbons (Fsp3) is 0.625. The second-order valence-corrected chi connectivity index (χ2v) is 5.83. The summed E-state index contributed by atoms with van der Waals surface area (Å²) < 4.78 is 18.9. The third-order valence-electron chi connectivity index (χ3n) is 3.97. The second kappa shape index (κ2) is 7.04. The van der Waals surface area contributed by atoms with Crippen molar-refractivity contribution in [2.45, 2.75) is 38.8 Å². The molecule has 0 fully saturated rings. The summed E-state index contributed by atoms with van der Waals surface area (Å²) in [6.07, 6.45) is 1.04. The molecule has 114 valence electrons. The zero-order valence-electron chi connectivity index (χ0n) is 13.5. The lowest BCUT2D eigenvalue weighted by Crippen LogP contribution is -2.49. The third kappa shape index (κ3) is 3.70. The van der Waals surface area contributed by atoms with Crippen molar-refractivity contribution >= 4 is 0 Å². The van der Waals surface area contributed by atoms with Crippen LogP contribution in [0.15, 0.2) is 18.2 Å². The van der Waals surface area contributed by atoms with Crippen molar-refractivity contribution in [1.29, 1.82) is 0 Å². The Labute approximate surface area is 122 Å². The lowest BCUT2D eigenvalue weighted by atomic mass is 9.87. The Balaban J connectivity index is 3.13. The van der Waals surface area contributed by atoms with Crippen molar-refractivity contribution in [2.24, 2.45) is 0 Å². The lowest BCUT2D eigenvalue weighted by molar-refractivity contribution is 0.137.